The molecule has 3 aromatic rings. The molecule has 102 valence electrons. The van der Waals surface area contributed by atoms with Crippen LogP contribution in [0.1, 0.15) is 17.2 Å². The minimum Gasteiger partial charge on any atom is -0.388 e. The van der Waals surface area contributed by atoms with Gasteiger partial charge in [0, 0.05) is 30.6 Å². The van der Waals surface area contributed by atoms with Crippen LogP contribution in [0.5, 0.6) is 0 Å². The van der Waals surface area contributed by atoms with Crippen molar-refractivity contribution >= 4 is 10.9 Å². The molecule has 0 fully saturated rings. The molecule has 20 heavy (non-hydrogen) atoms. The molecule has 0 saturated heterocycles. The number of aryl methyl sites for hydroxylation is 1. The van der Waals surface area contributed by atoms with E-state index in [1.54, 1.807) is 12.1 Å². The third-order valence-electron chi connectivity index (χ3n) is 3.65. The highest BCUT2D eigenvalue weighted by molar-refractivity contribution is 5.83. The van der Waals surface area contributed by atoms with Gasteiger partial charge >= 0.3 is 0 Å². The van der Waals surface area contributed by atoms with E-state index >= 15 is 0 Å². The number of benzene rings is 2. The van der Waals surface area contributed by atoms with E-state index in [4.69, 9.17) is 0 Å². The average Bonchev–Trinajstić information content (AvgIpc) is 2.77. The van der Waals surface area contributed by atoms with Crippen LogP contribution in [0.2, 0.25) is 0 Å². The molecule has 1 aromatic heterocycles. The maximum Gasteiger partial charge on any atom is 0.123 e. The lowest BCUT2D eigenvalue weighted by molar-refractivity contribution is 0.178. The summed E-state index contributed by atoms with van der Waals surface area (Å²) in [6.07, 6.45) is 1.94. The summed E-state index contributed by atoms with van der Waals surface area (Å²) in [5, 5.41) is 11.5. The van der Waals surface area contributed by atoms with Crippen molar-refractivity contribution in [2.75, 3.05) is 0 Å². The number of hydrogen-bond donors (Lipinski definition) is 1. The van der Waals surface area contributed by atoms with E-state index in [1.165, 1.54) is 12.1 Å². The molecule has 2 nitrogen and oxygen atoms in total. The SMILES string of the molecule is Cn1cc(CC(O)c2ccc(F)cc2)c2ccccc21. The summed E-state index contributed by atoms with van der Waals surface area (Å²) in [6, 6.07) is 14.1. The van der Waals surface area contributed by atoms with Crippen molar-refractivity contribution in [1.82, 2.24) is 4.57 Å². The van der Waals surface area contributed by atoms with Gasteiger partial charge in [-0.3, -0.25) is 0 Å². The molecular formula is C17H16FNO. The first-order valence-corrected chi connectivity index (χ1v) is 6.61. The molecule has 0 saturated carbocycles. The topological polar surface area (TPSA) is 25.2 Å². The van der Waals surface area contributed by atoms with E-state index in [0.29, 0.717) is 6.42 Å². The summed E-state index contributed by atoms with van der Waals surface area (Å²) in [4.78, 5) is 0. The molecule has 3 heteroatoms. The monoisotopic (exact) mass is 269 g/mol. The second kappa shape index (κ2) is 5.10. The van der Waals surface area contributed by atoms with Crippen LogP contribution in [0.15, 0.2) is 54.7 Å². The first kappa shape index (κ1) is 12.9. The number of fused-ring (bicyclic) bond motifs is 1. The Balaban J connectivity index is 1.91. The number of hydrogen-bond acceptors (Lipinski definition) is 1. The van der Waals surface area contributed by atoms with Crippen molar-refractivity contribution in [2.24, 2.45) is 7.05 Å². The maximum atomic E-state index is 12.9. The van der Waals surface area contributed by atoms with Crippen LogP contribution in [0.3, 0.4) is 0 Å². The number of aromatic nitrogens is 1. The minimum absolute atomic E-state index is 0.286. The quantitative estimate of drug-likeness (QED) is 0.772. The largest absolute Gasteiger partial charge is 0.388 e. The Morgan fingerprint density at radius 1 is 1.10 bits per heavy atom. The zero-order valence-corrected chi connectivity index (χ0v) is 11.3. The normalized spacial score (nSPS) is 12.8. The summed E-state index contributed by atoms with van der Waals surface area (Å²) in [7, 11) is 2.00. The van der Waals surface area contributed by atoms with Gasteiger partial charge in [0.1, 0.15) is 5.82 Å². The number of para-hydroxylation sites is 1. The molecule has 3 rings (SSSR count). The number of halogens is 1. The van der Waals surface area contributed by atoms with Gasteiger partial charge < -0.3 is 9.67 Å². The Bertz CT molecular complexity index is 730. The second-order valence-corrected chi connectivity index (χ2v) is 5.05. The van der Waals surface area contributed by atoms with Crippen molar-refractivity contribution < 1.29 is 9.50 Å². The summed E-state index contributed by atoms with van der Waals surface area (Å²) in [5.41, 5.74) is 2.98. The first-order chi connectivity index (χ1) is 9.65. The lowest BCUT2D eigenvalue weighted by Gasteiger charge is -2.10. The molecule has 2 aromatic carbocycles. The van der Waals surface area contributed by atoms with Gasteiger partial charge in [-0.25, -0.2) is 4.39 Å². The Morgan fingerprint density at radius 2 is 1.80 bits per heavy atom. The van der Waals surface area contributed by atoms with Crippen LogP contribution in [-0.2, 0) is 13.5 Å². The van der Waals surface area contributed by atoms with Crippen LogP contribution in [0, 0.1) is 5.82 Å². The van der Waals surface area contributed by atoms with Gasteiger partial charge in [0.15, 0.2) is 0 Å². The molecule has 0 amide bonds. The van der Waals surface area contributed by atoms with Crippen molar-refractivity contribution in [3.8, 4) is 0 Å². The third kappa shape index (κ3) is 2.32. The highest BCUT2D eigenvalue weighted by Crippen LogP contribution is 2.25. The highest BCUT2D eigenvalue weighted by atomic mass is 19.1. The Labute approximate surface area is 117 Å². The summed E-state index contributed by atoms with van der Waals surface area (Å²) in [5.74, 6) is -0.286. The fraction of sp³-hybridized carbons (Fsp3) is 0.176. The minimum atomic E-state index is -0.624. The van der Waals surface area contributed by atoms with Crippen LogP contribution in [0.25, 0.3) is 10.9 Å². The molecule has 0 aliphatic rings. The number of rotatable bonds is 3. The summed E-state index contributed by atoms with van der Waals surface area (Å²) < 4.78 is 15.0. The van der Waals surface area contributed by atoms with Gasteiger partial charge in [0.25, 0.3) is 0 Å². The molecule has 1 atom stereocenters. The molecular weight excluding hydrogens is 253 g/mol. The molecule has 0 aliphatic heterocycles. The van der Waals surface area contributed by atoms with E-state index in [2.05, 4.69) is 16.7 Å². The van der Waals surface area contributed by atoms with Gasteiger partial charge in [0.2, 0.25) is 0 Å². The molecule has 0 bridgehead atoms. The van der Waals surface area contributed by atoms with Gasteiger partial charge in [-0.05, 0) is 29.3 Å². The van der Waals surface area contributed by atoms with Crippen molar-refractivity contribution in [2.45, 2.75) is 12.5 Å². The van der Waals surface area contributed by atoms with Crippen molar-refractivity contribution in [3.63, 3.8) is 0 Å². The van der Waals surface area contributed by atoms with Crippen LogP contribution in [0.4, 0.5) is 4.39 Å². The van der Waals surface area contributed by atoms with Crippen LogP contribution in [-0.4, -0.2) is 9.67 Å². The number of aliphatic hydroxyl groups excluding tert-OH is 1. The van der Waals surface area contributed by atoms with Gasteiger partial charge in [-0.15, -0.1) is 0 Å². The van der Waals surface area contributed by atoms with E-state index in [0.717, 1.165) is 22.0 Å². The predicted molar refractivity (Wildman–Crippen MR) is 78.0 cm³/mol. The fourth-order valence-corrected chi connectivity index (χ4v) is 2.60. The lowest BCUT2D eigenvalue weighted by Crippen LogP contribution is -2.01. The number of nitrogens with zero attached hydrogens (tertiary/aromatic N) is 1. The Hall–Kier alpha value is -2.13. The van der Waals surface area contributed by atoms with E-state index < -0.39 is 6.10 Å². The summed E-state index contributed by atoms with van der Waals surface area (Å²) in [6.45, 7) is 0. The smallest absolute Gasteiger partial charge is 0.123 e. The first-order valence-electron chi connectivity index (χ1n) is 6.61. The van der Waals surface area contributed by atoms with Crippen molar-refractivity contribution in [3.05, 3.63) is 71.7 Å². The fourth-order valence-electron chi connectivity index (χ4n) is 2.60. The van der Waals surface area contributed by atoms with Gasteiger partial charge in [0.05, 0.1) is 6.10 Å². The van der Waals surface area contributed by atoms with E-state index in [-0.39, 0.29) is 5.82 Å². The third-order valence-corrected chi connectivity index (χ3v) is 3.65. The maximum absolute atomic E-state index is 12.9. The van der Waals surface area contributed by atoms with E-state index in [9.17, 15) is 9.50 Å². The zero-order chi connectivity index (χ0) is 14.1. The standard InChI is InChI=1S/C17H16FNO/c1-19-11-13(15-4-2-3-5-16(15)19)10-17(20)12-6-8-14(18)9-7-12/h2-9,11,17,20H,10H2,1H3. The molecule has 1 N–H and O–H groups in total. The van der Waals surface area contributed by atoms with Crippen molar-refractivity contribution in [1.29, 1.82) is 0 Å². The Morgan fingerprint density at radius 3 is 2.55 bits per heavy atom. The van der Waals surface area contributed by atoms with Gasteiger partial charge in [-0.2, -0.15) is 0 Å². The second-order valence-electron chi connectivity index (χ2n) is 5.05. The molecule has 0 aliphatic carbocycles. The highest BCUT2D eigenvalue weighted by Gasteiger charge is 2.13. The predicted octanol–water partition coefficient (Wildman–Crippen LogP) is 3.59. The van der Waals surface area contributed by atoms with Crippen LogP contribution < -0.4 is 0 Å². The molecule has 1 unspecified atom stereocenters. The number of aliphatic hydroxyl groups is 1. The van der Waals surface area contributed by atoms with E-state index in [1.807, 2.05) is 25.4 Å². The Kier molecular flexibility index (Phi) is 3.28. The lowest BCUT2D eigenvalue weighted by atomic mass is 10.0. The molecule has 1 heterocycles. The summed E-state index contributed by atoms with van der Waals surface area (Å²) >= 11 is 0. The van der Waals surface area contributed by atoms with Gasteiger partial charge in [-0.1, -0.05) is 30.3 Å². The molecule has 0 radical (unpaired) electrons. The average molecular weight is 269 g/mol. The zero-order valence-electron chi connectivity index (χ0n) is 11.3. The van der Waals surface area contributed by atoms with Crippen LogP contribution >= 0.6 is 0 Å². The molecule has 0 spiro atoms.